The quantitative estimate of drug-likeness (QED) is 0.531. The van der Waals surface area contributed by atoms with E-state index in [-0.39, 0.29) is 5.96 Å². The van der Waals surface area contributed by atoms with Crippen LogP contribution in [0.5, 0.6) is 5.88 Å². The molecule has 0 radical (unpaired) electrons. The van der Waals surface area contributed by atoms with Crippen LogP contribution in [0.3, 0.4) is 0 Å². The summed E-state index contributed by atoms with van der Waals surface area (Å²) in [7, 11) is 3.44. The summed E-state index contributed by atoms with van der Waals surface area (Å²) in [6.45, 7) is 2.43. The Hall–Kier alpha value is -1.72. The van der Waals surface area contributed by atoms with Gasteiger partial charge in [-0.1, -0.05) is 6.92 Å². The Morgan fingerprint density at radius 3 is 2.67 bits per heavy atom. The van der Waals surface area contributed by atoms with E-state index in [4.69, 9.17) is 16.2 Å². The van der Waals surface area contributed by atoms with Gasteiger partial charge in [0.15, 0.2) is 5.96 Å². The topological polar surface area (TPSA) is 91.4 Å². The highest BCUT2D eigenvalue weighted by atomic mass is 16.5. The summed E-state index contributed by atoms with van der Waals surface area (Å²) in [4.78, 5) is 3.96. The second kappa shape index (κ2) is 4.68. The number of ether oxygens (including phenoxy) is 1. The summed E-state index contributed by atoms with van der Waals surface area (Å²) in [5, 5.41) is 4.32. The first-order valence-corrected chi connectivity index (χ1v) is 4.74. The first kappa shape index (κ1) is 11.4. The molecular formula is C9H17N5O. The molecule has 0 spiro atoms. The maximum absolute atomic E-state index is 5.29. The standard InChI is InChI=1S/C9H17N5O/c1-4-7-6(5-12-9(10)11)8(15-3)14(2)13-7/h4-5H2,1-3H3,(H4,10,11,12). The molecule has 1 aromatic rings. The molecule has 0 aliphatic carbocycles. The first-order valence-electron chi connectivity index (χ1n) is 4.74. The molecule has 4 N–H and O–H groups in total. The number of methoxy groups -OCH3 is 1. The van der Waals surface area contributed by atoms with E-state index in [1.54, 1.807) is 11.8 Å². The molecule has 84 valence electrons. The molecular weight excluding hydrogens is 194 g/mol. The molecule has 0 fully saturated rings. The second-order valence-electron chi connectivity index (χ2n) is 3.15. The van der Waals surface area contributed by atoms with Crippen molar-refractivity contribution in [2.24, 2.45) is 23.5 Å². The van der Waals surface area contributed by atoms with Crippen LogP contribution in [0.4, 0.5) is 0 Å². The van der Waals surface area contributed by atoms with Gasteiger partial charge in [0.1, 0.15) is 0 Å². The zero-order chi connectivity index (χ0) is 11.4. The van der Waals surface area contributed by atoms with Gasteiger partial charge in [-0.2, -0.15) is 5.10 Å². The number of nitrogens with two attached hydrogens (primary N) is 2. The first-order chi connectivity index (χ1) is 7.10. The molecule has 0 amide bonds. The van der Waals surface area contributed by atoms with Gasteiger partial charge in [-0.3, -0.25) is 0 Å². The predicted octanol–water partition coefficient (Wildman–Crippen LogP) is -0.235. The van der Waals surface area contributed by atoms with Gasteiger partial charge in [0.25, 0.3) is 0 Å². The number of hydrogen-bond acceptors (Lipinski definition) is 3. The van der Waals surface area contributed by atoms with E-state index in [9.17, 15) is 0 Å². The van der Waals surface area contributed by atoms with E-state index >= 15 is 0 Å². The van der Waals surface area contributed by atoms with Crippen molar-refractivity contribution in [1.29, 1.82) is 0 Å². The Balaban J connectivity index is 3.06. The zero-order valence-corrected chi connectivity index (χ0v) is 9.32. The van der Waals surface area contributed by atoms with Crippen molar-refractivity contribution in [1.82, 2.24) is 9.78 Å². The minimum Gasteiger partial charge on any atom is -0.481 e. The molecule has 0 unspecified atom stereocenters. The molecule has 0 aliphatic heterocycles. The van der Waals surface area contributed by atoms with Gasteiger partial charge in [-0.05, 0) is 6.42 Å². The van der Waals surface area contributed by atoms with Crippen LogP contribution in [0.25, 0.3) is 0 Å². The smallest absolute Gasteiger partial charge is 0.216 e. The lowest BCUT2D eigenvalue weighted by molar-refractivity contribution is 0.369. The third-order valence-electron chi connectivity index (χ3n) is 2.12. The van der Waals surface area contributed by atoms with Gasteiger partial charge in [-0.15, -0.1) is 0 Å². The third-order valence-corrected chi connectivity index (χ3v) is 2.12. The van der Waals surface area contributed by atoms with Gasteiger partial charge >= 0.3 is 0 Å². The molecule has 0 aliphatic rings. The highest BCUT2D eigenvalue weighted by Crippen LogP contribution is 2.22. The summed E-state index contributed by atoms with van der Waals surface area (Å²) >= 11 is 0. The summed E-state index contributed by atoms with van der Waals surface area (Å²) in [5.74, 6) is 0.778. The molecule has 0 bridgehead atoms. The number of guanidine groups is 1. The number of hydrogen-bond donors (Lipinski definition) is 2. The molecule has 0 saturated heterocycles. The van der Waals surface area contributed by atoms with Crippen LogP contribution < -0.4 is 16.2 Å². The monoisotopic (exact) mass is 211 g/mol. The number of aromatic nitrogens is 2. The average Bonchev–Trinajstić information content (AvgIpc) is 2.50. The van der Waals surface area contributed by atoms with Crippen LogP contribution >= 0.6 is 0 Å². The number of rotatable bonds is 4. The molecule has 1 aromatic heterocycles. The van der Waals surface area contributed by atoms with Gasteiger partial charge in [0, 0.05) is 7.05 Å². The predicted molar refractivity (Wildman–Crippen MR) is 58.7 cm³/mol. The Morgan fingerprint density at radius 2 is 2.20 bits per heavy atom. The fourth-order valence-corrected chi connectivity index (χ4v) is 1.47. The second-order valence-corrected chi connectivity index (χ2v) is 3.15. The maximum Gasteiger partial charge on any atom is 0.216 e. The molecule has 1 rings (SSSR count). The van der Waals surface area contributed by atoms with Crippen molar-refractivity contribution in [3.05, 3.63) is 11.3 Å². The minimum atomic E-state index is 0.0722. The van der Waals surface area contributed by atoms with E-state index in [0.29, 0.717) is 12.4 Å². The third kappa shape index (κ3) is 2.39. The lowest BCUT2D eigenvalue weighted by Crippen LogP contribution is -2.22. The van der Waals surface area contributed by atoms with Gasteiger partial charge in [0.05, 0.1) is 24.9 Å². The fraction of sp³-hybridized carbons (Fsp3) is 0.556. The average molecular weight is 211 g/mol. The van der Waals surface area contributed by atoms with Crippen molar-refractivity contribution >= 4 is 5.96 Å². The van der Waals surface area contributed by atoms with Crippen LogP contribution in [-0.4, -0.2) is 22.8 Å². The molecule has 6 heteroatoms. The maximum atomic E-state index is 5.29. The normalized spacial score (nSPS) is 10.1. The Morgan fingerprint density at radius 1 is 1.53 bits per heavy atom. The van der Waals surface area contributed by atoms with Crippen LogP contribution in [0.15, 0.2) is 4.99 Å². The van der Waals surface area contributed by atoms with E-state index in [0.717, 1.165) is 17.7 Å². The van der Waals surface area contributed by atoms with Crippen LogP contribution in [0, 0.1) is 0 Å². The number of aryl methyl sites for hydroxylation is 2. The molecule has 0 saturated carbocycles. The van der Waals surface area contributed by atoms with E-state index < -0.39 is 0 Å². The molecule has 6 nitrogen and oxygen atoms in total. The molecule has 0 aromatic carbocycles. The summed E-state index contributed by atoms with van der Waals surface area (Å²) in [6.07, 6.45) is 0.826. The van der Waals surface area contributed by atoms with Crippen molar-refractivity contribution in [2.45, 2.75) is 19.9 Å². The Labute approximate surface area is 88.9 Å². The van der Waals surface area contributed by atoms with E-state index in [1.807, 2.05) is 14.0 Å². The summed E-state index contributed by atoms with van der Waals surface area (Å²) in [6, 6.07) is 0. The zero-order valence-electron chi connectivity index (χ0n) is 9.32. The highest BCUT2D eigenvalue weighted by Gasteiger charge is 2.14. The van der Waals surface area contributed by atoms with Gasteiger partial charge in [0.2, 0.25) is 5.88 Å². The van der Waals surface area contributed by atoms with Crippen molar-refractivity contribution in [3.63, 3.8) is 0 Å². The van der Waals surface area contributed by atoms with E-state index in [2.05, 4.69) is 10.1 Å². The number of nitrogens with zero attached hydrogens (tertiary/aromatic N) is 3. The van der Waals surface area contributed by atoms with Gasteiger partial charge < -0.3 is 16.2 Å². The van der Waals surface area contributed by atoms with Crippen LogP contribution in [0.1, 0.15) is 18.2 Å². The summed E-state index contributed by atoms with van der Waals surface area (Å²) in [5.41, 5.74) is 12.5. The van der Waals surface area contributed by atoms with Crippen LogP contribution in [-0.2, 0) is 20.0 Å². The fourth-order valence-electron chi connectivity index (χ4n) is 1.47. The Bertz CT molecular complexity index is 365. The largest absolute Gasteiger partial charge is 0.481 e. The Kier molecular flexibility index (Phi) is 3.54. The lowest BCUT2D eigenvalue weighted by atomic mass is 10.2. The molecule has 1 heterocycles. The van der Waals surface area contributed by atoms with E-state index in [1.165, 1.54) is 0 Å². The minimum absolute atomic E-state index is 0.0722. The van der Waals surface area contributed by atoms with Crippen molar-refractivity contribution < 1.29 is 4.74 Å². The summed E-state index contributed by atoms with van der Waals surface area (Å²) < 4.78 is 6.93. The molecule has 15 heavy (non-hydrogen) atoms. The van der Waals surface area contributed by atoms with Crippen LogP contribution in [0.2, 0.25) is 0 Å². The van der Waals surface area contributed by atoms with Crippen molar-refractivity contribution in [2.75, 3.05) is 7.11 Å². The van der Waals surface area contributed by atoms with Gasteiger partial charge in [-0.25, -0.2) is 9.67 Å². The SMILES string of the molecule is CCc1nn(C)c(OC)c1CN=C(N)N. The lowest BCUT2D eigenvalue weighted by Gasteiger charge is -2.02. The highest BCUT2D eigenvalue weighted by molar-refractivity contribution is 5.75. The van der Waals surface area contributed by atoms with Crippen molar-refractivity contribution in [3.8, 4) is 5.88 Å². The number of aliphatic imine (C=N–C) groups is 1. The molecule has 0 atom stereocenters.